The van der Waals surface area contributed by atoms with Crippen LogP contribution in [0.2, 0.25) is 0 Å². The summed E-state index contributed by atoms with van der Waals surface area (Å²) in [6.07, 6.45) is 1.10. The minimum Gasteiger partial charge on any atom is -0.356 e. The van der Waals surface area contributed by atoms with E-state index in [-0.39, 0.29) is 11.4 Å². The molecule has 1 aliphatic rings. The number of hydrogen-bond acceptors (Lipinski definition) is 3. The third-order valence-corrected chi connectivity index (χ3v) is 3.62. The summed E-state index contributed by atoms with van der Waals surface area (Å²) in [5, 5.41) is 6.14. The molecule has 1 aliphatic heterocycles. The number of amides is 1. The van der Waals surface area contributed by atoms with Gasteiger partial charge in [0.25, 0.3) is 0 Å². The highest BCUT2D eigenvalue weighted by molar-refractivity contribution is 8.00. The van der Waals surface area contributed by atoms with Gasteiger partial charge in [-0.2, -0.15) is 0 Å². The molecule has 1 aromatic rings. The van der Waals surface area contributed by atoms with E-state index in [2.05, 4.69) is 42.7 Å². The first-order valence-corrected chi connectivity index (χ1v) is 6.76. The number of nitrogens with one attached hydrogen (secondary N) is 2. The molecule has 2 rings (SSSR count). The largest absolute Gasteiger partial charge is 0.356 e. The molecule has 17 heavy (non-hydrogen) atoms. The minimum absolute atomic E-state index is 0.00906. The van der Waals surface area contributed by atoms with E-state index in [0.717, 1.165) is 12.1 Å². The topological polar surface area (TPSA) is 41.1 Å². The Kier molecular flexibility index (Phi) is 3.62. The van der Waals surface area contributed by atoms with Gasteiger partial charge in [0.2, 0.25) is 5.91 Å². The van der Waals surface area contributed by atoms with E-state index in [0.29, 0.717) is 5.92 Å². The average molecular weight is 250 g/mol. The van der Waals surface area contributed by atoms with Gasteiger partial charge in [0.15, 0.2) is 5.50 Å². The molecule has 2 N–H and O–H groups in total. The molecule has 0 spiro atoms. The highest BCUT2D eigenvalue weighted by Gasteiger charge is 2.21. The maximum atomic E-state index is 11.0. The Bertz CT molecular complexity index is 431. The van der Waals surface area contributed by atoms with Crippen molar-refractivity contribution in [3.05, 3.63) is 23.8 Å². The van der Waals surface area contributed by atoms with Crippen molar-refractivity contribution in [2.24, 2.45) is 5.92 Å². The lowest BCUT2D eigenvalue weighted by Crippen LogP contribution is -2.33. The number of carbonyl (C=O) groups is 1. The van der Waals surface area contributed by atoms with Crippen LogP contribution in [0.3, 0.4) is 0 Å². The molecule has 92 valence electrons. The van der Waals surface area contributed by atoms with E-state index in [1.807, 2.05) is 0 Å². The first-order valence-electron chi connectivity index (χ1n) is 5.88. The van der Waals surface area contributed by atoms with Crippen molar-refractivity contribution in [3.8, 4) is 0 Å². The number of rotatable bonds is 3. The second-order valence-corrected chi connectivity index (χ2v) is 5.92. The molecule has 3 nitrogen and oxygen atoms in total. The van der Waals surface area contributed by atoms with Crippen LogP contribution in [0.1, 0.15) is 26.3 Å². The molecule has 1 aromatic carbocycles. The highest BCUT2D eigenvalue weighted by Crippen LogP contribution is 2.38. The van der Waals surface area contributed by atoms with Gasteiger partial charge in [-0.15, -0.1) is 0 Å². The average Bonchev–Trinajstić information content (AvgIpc) is 2.56. The molecule has 0 saturated carbocycles. The summed E-state index contributed by atoms with van der Waals surface area (Å²) < 4.78 is 0. The van der Waals surface area contributed by atoms with Crippen molar-refractivity contribution in [1.82, 2.24) is 5.32 Å². The third-order valence-electron chi connectivity index (χ3n) is 2.56. The van der Waals surface area contributed by atoms with Crippen LogP contribution in [-0.2, 0) is 11.2 Å². The van der Waals surface area contributed by atoms with Gasteiger partial charge in [-0.05, 0) is 30.0 Å². The lowest BCUT2D eigenvalue weighted by atomic mass is 10.0. The Morgan fingerprint density at radius 1 is 1.53 bits per heavy atom. The number of anilines is 1. The van der Waals surface area contributed by atoms with Crippen molar-refractivity contribution in [2.75, 3.05) is 5.32 Å². The van der Waals surface area contributed by atoms with Crippen molar-refractivity contribution in [2.45, 2.75) is 37.6 Å². The van der Waals surface area contributed by atoms with Crippen LogP contribution in [0, 0.1) is 5.92 Å². The molecule has 1 heterocycles. The summed E-state index contributed by atoms with van der Waals surface area (Å²) in [4.78, 5) is 12.2. The molecule has 1 unspecified atom stereocenters. The van der Waals surface area contributed by atoms with E-state index < -0.39 is 0 Å². The van der Waals surface area contributed by atoms with Crippen LogP contribution in [0.5, 0.6) is 0 Å². The Labute approximate surface area is 106 Å². The summed E-state index contributed by atoms with van der Waals surface area (Å²) in [6, 6.07) is 6.47. The van der Waals surface area contributed by atoms with Gasteiger partial charge in [0.05, 0.1) is 5.69 Å². The van der Waals surface area contributed by atoms with E-state index in [9.17, 15) is 4.79 Å². The summed E-state index contributed by atoms with van der Waals surface area (Å²) in [5.74, 6) is 0.656. The van der Waals surface area contributed by atoms with E-state index in [4.69, 9.17) is 0 Å². The molecule has 0 radical (unpaired) electrons. The maximum Gasteiger partial charge on any atom is 0.219 e. The molecule has 1 amide bonds. The zero-order valence-corrected chi connectivity index (χ0v) is 11.2. The Morgan fingerprint density at radius 2 is 2.29 bits per heavy atom. The second-order valence-electron chi connectivity index (χ2n) is 4.77. The van der Waals surface area contributed by atoms with Gasteiger partial charge in [-0.3, -0.25) is 4.79 Å². The summed E-state index contributed by atoms with van der Waals surface area (Å²) in [6.45, 7) is 5.98. The quantitative estimate of drug-likeness (QED) is 0.866. The zero-order valence-electron chi connectivity index (χ0n) is 10.4. The fourth-order valence-corrected chi connectivity index (χ4v) is 3.07. The van der Waals surface area contributed by atoms with Crippen molar-refractivity contribution in [3.63, 3.8) is 0 Å². The molecule has 0 fully saturated rings. The van der Waals surface area contributed by atoms with Crippen LogP contribution < -0.4 is 10.6 Å². The molecule has 4 heteroatoms. The first kappa shape index (κ1) is 12.3. The smallest absolute Gasteiger partial charge is 0.219 e. The van der Waals surface area contributed by atoms with Crippen LogP contribution in [0.4, 0.5) is 5.69 Å². The number of carbonyl (C=O) groups excluding carboxylic acids is 1. The first-order chi connectivity index (χ1) is 8.04. The van der Waals surface area contributed by atoms with E-state index >= 15 is 0 Å². The van der Waals surface area contributed by atoms with Crippen LogP contribution >= 0.6 is 11.8 Å². The molecular formula is C13H18N2OS. The van der Waals surface area contributed by atoms with Gasteiger partial charge >= 0.3 is 0 Å². The SMILES string of the molecule is CC(=O)NC1Nc2ccc(CC(C)C)cc2S1. The van der Waals surface area contributed by atoms with Gasteiger partial charge < -0.3 is 10.6 Å². The Balaban J connectivity index is 2.08. The summed E-state index contributed by atoms with van der Waals surface area (Å²) in [7, 11) is 0. The molecule has 1 atom stereocenters. The molecule has 0 aliphatic carbocycles. The van der Waals surface area contributed by atoms with Crippen molar-refractivity contribution >= 4 is 23.4 Å². The summed E-state index contributed by atoms with van der Waals surface area (Å²) >= 11 is 1.66. The molecule has 0 bridgehead atoms. The maximum absolute atomic E-state index is 11.0. The fourth-order valence-electron chi connectivity index (χ4n) is 1.93. The fraction of sp³-hybridized carbons (Fsp3) is 0.462. The van der Waals surface area contributed by atoms with Gasteiger partial charge in [0, 0.05) is 11.8 Å². The zero-order chi connectivity index (χ0) is 12.4. The van der Waals surface area contributed by atoms with E-state index in [1.54, 1.807) is 11.8 Å². The normalized spacial score (nSPS) is 17.8. The van der Waals surface area contributed by atoms with Crippen LogP contribution in [0.25, 0.3) is 0 Å². The predicted octanol–water partition coefficient (Wildman–Crippen LogP) is 2.82. The monoisotopic (exact) mass is 250 g/mol. The Morgan fingerprint density at radius 3 is 2.94 bits per heavy atom. The lowest BCUT2D eigenvalue weighted by Gasteiger charge is -2.09. The number of fused-ring (bicyclic) bond motifs is 1. The van der Waals surface area contributed by atoms with Gasteiger partial charge in [-0.25, -0.2) is 0 Å². The lowest BCUT2D eigenvalue weighted by molar-refractivity contribution is -0.119. The standard InChI is InChI=1S/C13H18N2OS/c1-8(2)6-10-4-5-11-12(7-10)17-13(15-11)14-9(3)16/h4-5,7-8,13,15H,6H2,1-3H3,(H,14,16). The minimum atomic E-state index is -0.0307. The number of benzene rings is 1. The third kappa shape index (κ3) is 3.16. The van der Waals surface area contributed by atoms with Gasteiger partial charge in [0.1, 0.15) is 0 Å². The predicted molar refractivity (Wildman–Crippen MR) is 72.1 cm³/mol. The van der Waals surface area contributed by atoms with Crippen LogP contribution in [-0.4, -0.2) is 11.4 Å². The van der Waals surface area contributed by atoms with Crippen LogP contribution in [0.15, 0.2) is 23.1 Å². The highest BCUT2D eigenvalue weighted by atomic mass is 32.2. The Hall–Kier alpha value is -1.16. The number of hydrogen-bond donors (Lipinski definition) is 2. The van der Waals surface area contributed by atoms with Crippen molar-refractivity contribution < 1.29 is 4.79 Å². The molecule has 0 aromatic heterocycles. The molecular weight excluding hydrogens is 232 g/mol. The van der Waals surface area contributed by atoms with Gasteiger partial charge in [-0.1, -0.05) is 31.7 Å². The van der Waals surface area contributed by atoms with Crippen molar-refractivity contribution in [1.29, 1.82) is 0 Å². The number of thioether (sulfide) groups is 1. The molecule has 0 saturated heterocycles. The van der Waals surface area contributed by atoms with E-state index in [1.165, 1.54) is 17.4 Å². The summed E-state index contributed by atoms with van der Waals surface area (Å²) in [5.41, 5.74) is 2.44. The second kappa shape index (κ2) is 5.00.